The molecule has 1 atom stereocenters. The third-order valence-corrected chi connectivity index (χ3v) is 6.40. The Kier molecular flexibility index (Phi) is 10.7. The number of likely N-dealkylation sites (N-methyl/N-ethyl adjacent to an activating group) is 1. The van der Waals surface area contributed by atoms with Crippen molar-refractivity contribution in [2.75, 3.05) is 45.2 Å². The first-order valence-corrected chi connectivity index (χ1v) is 11.8. The van der Waals surface area contributed by atoms with E-state index in [-0.39, 0.29) is 11.4 Å². The van der Waals surface area contributed by atoms with E-state index in [9.17, 15) is 31.1 Å². The van der Waals surface area contributed by atoms with E-state index in [0.717, 1.165) is 37.5 Å². The molecule has 4 rings (SSSR count). The summed E-state index contributed by atoms with van der Waals surface area (Å²) in [6.45, 7) is 4.07. The number of amides is 1. The van der Waals surface area contributed by atoms with Gasteiger partial charge in [-0.2, -0.15) is 31.4 Å². The molecule has 41 heavy (non-hydrogen) atoms. The number of halogens is 6. The fourth-order valence-electron chi connectivity index (χ4n) is 4.25. The highest BCUT2D eigenvalue weighted by molar-refractivity contribution is 5.95. The summed E-state index contributed by atoms with van der Waals surface area (Å²) in [5.41, 5.74) is 2.17. The number of alkyl halides is 6. The van der Waals surface area contributed by atoms with E-state index in [1.165, 1.54) is 5.56 Å². The molecule has 1 aromatic carbocycles. The molecule has 2 fully saturated rings. The number of aliphatic carboxylic acids is 2. The SMILES string of the molecule is COc1ccc(CN2CCC3(C2)CN(c2cnn(C)c2)C(=O)CN3C)cc1.O=C(O)C(F)(F)F.O=C(O)C(F)(F)F. The molecule has 11 nitrogen and oxygen atoms in total. The largest absolute Gasteiger partial charge is 0.497 e. The molecule has 0 bridgehead atoms. The Morgan fingerprint density at radius 3 is 1.98 bits per heavy atom. The number of carbonyl (C=O) groups excluding carboxylic acids is 1. The Morgan fingerprint density at radius 1 is 1.00 bits per heavy atom. The number of aryl methyl sites for hydroxylation is 1. The summed E-state index contributed by atoms with van der Waals surface area (Å²) in [5.74, 6) is -4.49. The van der Waals surface area contributed by atoms with Gasteiger partial charge in [-0.25, -0.2) is 9.59 Å². The fourth-order valence-corrected chi connectivity index (χ4v) is 4.25. The average molecular weight is 598 g/mol. The number of hydrogen-bond donors (Lipinski definition) is 2. The lowest BCUT2D eigenvalue weighted by atomic mass is 9.93. The number of benzene rings is 1. The zero-order valence-electron chi connectivity index (χ0n) is 22.2. The van der Waals surface area contributed by atoms with Gasteiger partial charge in [-0.15, -0.1) is 0 Å². The second-order valence-electron chi connectivity index (χ2n) is 9.35. The smallest absolute Gasteiger partial charge is 0.490 e. The number of hydrogen-bond acceptors (Lipinski definition) is 7. The van der Waals surface area contributed by atoms with Crippen LogP contribution in [0.1, 0.15) is 12.0 Å². The van der Waals surface area contributed by atoms with E-state index in [2.05, 4.69) is 34.1 Å². The molecule has 1 spiro atoms. The van der Waals surface area contributed by atoms with Crippen LogP contribution in [0.15, 0.2) is 36.7 Å². The normalized spacial score (nSPS) is 19.7. The summed E-state index contributed by atoms with van der Waals surface area (Å²) in [5, 5.41) is 18.5. The highest BCUT2D eigenvalue weighted by Gasteiger charge is 2.47. The second kappa shape index (κ2) is 13.2. The molecule has 1 amide bonds. The number of aromatic nitrogens is 2. The first-order chi connectivity index (χ1) is 18.9. The number of anilines is 1. The molecule has 3 heterocycles. The van der Waals surface area contributed by atoms with Crippen molar-refractivity contribution in [3.63, 3.8) is 0 Å². The van der Waals surface area contributed by atoms with Crippen LogP contribution in [-0.4, -0.2) is 106 Å². The van der Waals surface area contributed by atoms with Crippen LogP contribution in [0.4, 0.5) is 32.0 Å². The third kappa shape index (κ3) is 9.34. The van der Waals surface area contributed by atoms with Crippen molar-refractivity contribution in [1.82, 2.24) is 19.6 Å². The Hall–Kier alpha value is -3.86. The summed E-state index contributed by atoms with van der Waals surface area (Å²) in [6.07, 6.45) is -5.41. The highest BCUT2D eigenvalue weighted by atomic mass is 19.4. The van der Waals surface area contributed by atoms with E-state index in [1.54, 1.807) is 18.0 Å². The average Bonchev–Trinajstić information content (AvgIpc) is 3.48. The van der Waals surface area contributed by atoms with Crippen LogP contribution in [0.3, 0.4) is 0 Å². The Bertz CT molecular complexity index is 1180. The van der Waals surface area contributed by atoms with E-state index >= 15 is 0 Å². The third-order valence-electron chi connectivity index (χ3n) is 6.40. The van der Waals surface area contributed by atoms with Gasteiger partial charge < -0.3 is 19.8 Å². The molecular weight excluding hydrogens is 568 g/mol. The van der Waals surface area contributed by atoms with E-state index in [1.807, 2.05) is 30.3 Å². The highest BCUT2D eigenvalue weighted by Crippen LogP contribution is 2.34. The molecule has 17 heteroatoms. The zero-order valence-corrected chi connectivity index (χ0v) is 22.2. The van der Waals surface area contributed by atoms with Gasteiger partial charge in [0, 0.05) is 39.4 Å². The van der Waals surface area contributed by atoms with Gasteiger partial charge in [-0.1, -0.05) is 12.1 Å². The van der Waals surface area contributed by atoms with Crippen molar-refractivity contribution in [3.05, 3.63) is 42.2 Å². The molecule has 2 saturated heterocycles. The van der Waals surface area contributed by atoms with Crippen molar-refractivity contribution in [3.8, 4) is 5.75 Å². The number of likely N-dealkylation sites (tertiary alicyclic amines) is 1. The first kappa shape index (κ1) is 33.3. The monoisotopic (exact) mass is 597 g/mol. The van der Waals surface area contributed by atoms with Crippen LogP contribution < -0.4 is 9.64 Å². The number of nitrogens with zero attached hydrogens (tertiary/aromatic N) is 5. The van der Waals surface area contributed by atoms with E-state index in [4.69, 9.17) is 24.5 Å². The summed E-state index contributed by atoms with van der Waals surface area (Å²) < 4.78 is 70.5. The Morgan fingerprint density at radius 2 is 1.54 bits per heavy atom. The quantitative estimate of drug-likeness (QED) is 0.512. The Labute approximate surface area is 230 Å². The summed E-state index contributed by atoms with van der Waals surface area (Å²) >= 11 is 0. The zero-order chi connectivity index (χ0) is 31.2. The minimum absolute atomic E-state index is 0.00375. The number of piperazine rings is 1. The van der Waals surface area contributed by atoms with Gasteiger partial charge in [0.1, 0.15) is 5.75 Å². The molecule has 0 aliphatic carbocycles. The number of carbonyl (C=O) groups is 3. The lowest BCUT2D eigenvalue weighted by Gasteiger charge is -2.46. The second-order valence-corrected chi connectivity index (χ2v) is 9.35. The van der Waals surface area contributed by atoms with Crippen LogP contribution in [0.5, 0.6) is 5.75 Å². The molecule has 2 N–H and O–H groups in total. The molecule has 228 valence electrons. The van der Waals surface area contributed by atoms with Gasteiger partial charge in [0.15, 0.2) is 0 Å². The standard InChI is InChI=1S/C20H27N5O2.2C2HF3O2/c1-22-13-19(26)25(17-10-21-23(2)12-17)15-20(22)8-9-24(14-20)11-16-4-6-18(27-3)7-5-16;2*3-2(4,5)1(6)7/h4-7,10,12H,8-9,11,13-15H2,1-3H3;2*(H,6,7). The van der Waals surface area contributed by atoms with E-state index < -0.39 is 24.3 Å². The summed E-state index contributed by atoms with van der Waals surface area (Å²) in [4.78, 5) is 37.0. The number of ether oxygens (including phenoxy) is 1. The number of rotatable bonds is 4. The van der Waals surface area contributed by atoms with Crippen LogP contribution in [0.25, 0.3) is 0 Å². The number of carboxylic acid groups (broad SMARTS) is 2. The van der Waals surface area contributed by atoms with E-state index in [0.29, 0.717) is 13.1 Å². The molecule has 0 radical (unpaired) electrons. The van der Waals surface area contributed by atoms with Gasteiger partial charge in [-0.3, -0.25) is 19.3 Å². The fraction of sp³-hybridized carbons (Fsp3) is 0.500. The molecule has 1 unspecified atom stereocenters. The molecule has 0 saturated carbocycles. The van der Waals surface area contributed by atoms with Crippen LogP contribution in [-0.2, 0) is 28.0 Å². The minimum Gasteiger partial charge on any atom is -0.497 e. The molecular formula is C24H29F6N5O6. The number of methoxy groups -OCH3 is 1. The molecule has 2 aliphatic heterocycles. The Balaban J connectivity index is 0.000000349. The maximum Gasteiger partial charge on any atom is 0.490 e. The molecule has 2 aromatic rings. The lowest BCUT2D eigenvalue weighted by molar-refractivity contribution is -0.193. The molecule has 1 aromatic heterocycles. The van der Waals surface area contributed by atoms with Gasteiger partial charge in [0.05, 0.1) is 31.1 Å². The van der Waals surface area contributed by atoms with Gasteiger partial charge >= 0.3 is 24.3 Å². The van der Waals surface area contributed by atoms with Gasteiger partial charge in [-0.05, 0) is 31.2 Å². The van der Waals surface area contributed by atoms with Crippen LogP contribution in [0, 0.1) is 0 Å². The first-order valence-electron chi connectivity index (χ1n) is 11.8. The maximum absolute atomic E-state index is 12.6. The van der Waals surface area contributed by atoms with Crippen molar-refractivity contribution in [2.24, 2.45) is 7.05 Å². The maximum atomic E-state index is 12.6. The van der Waals surface area contributed by atoms with Crippen molar-refractivity contribution in [2.45, 2.75) is 30.9 Å². The summed E-state index contributed by atoms with van der Waals surface area (Å²) in [7, 11) is 5.65. The lowest BCUT2D eigenvalue weighted by Crippen LogP contribution is -2.64. The predicted molar refractivity (Wildman–Crippen MR) is 131 cm³/mol. The van der Waals surface area contributed by atoms with Crippen molar-refractivity contribution in [1.29, 1.82) is 0 Å². The predicted octanol–water partition coefficient (Wildman–Crippen LogP) is 2.62. The minimum atomic E-state index is -5.08. The summed E-state index contributed by atoms with van der Waals surface area (Å²) in [6, 6.07) is 8.27. The van der Waals surface area contributed by atoms with Crippen molar-refractivity contribution >= 4 is 23.5 Å². The topological polar surface area (TPSA) is 128 Å². The molecule has 2 aliphatic rings. The number of carboxylic acids is 2. The van der Waals surface area contributed by atoms with Gasteiger partial charge in [0.2, 0.25) is 5.91 Å². The van der Waals surface area contributed by atoms with Crippen LogP contribution in [0.2, 0.25) is 0 Å². The van der Waals surface area contributed by atoms with Crippen LogP contribution >= 0.6 is 0 Å². The van der Waals surface area contributed by atoms with Crippen molar-refractivity contribution < 1.29 is 55.7 Å². The van der Waals surface area contributed by atoms with Gasteiger partial charge in [0.25, 0.3) is 0 Å².